The van der Waals surface area contributed by atoms with Gasteiger partial charge in [0, 0.05) is 11.2 Å². The first kappa shape index (κ1) is 29.2. The standard InChI is InChI=1S/C29H34F3N3O5/c1-27(2,3)35(26(38)39)28(16-6-7-17-28)25(37)33-22-15-12-20-8-4-5-9-23(20)34(24(22)36)18-19-10-13-21(14-11-19)40-29(30,31)32/h4-5,8-11,13-14,22H,6-7,12,15-18H2,1-3H3,(H,33,37)(H,38,39). The summed E-state index contributed by atoms with van der Waals surface area (Å²) in [5.74, 6) is -1.23. The van der Waals surface area contributed by atoms with Crippen molar-refractivity contribution < 1.29 is 37.4 Å². The van der Waals surface area contributed by atoms with Crippen molar-refractivity contribution in [2.45, 2.75) is 89.3 Å². The Labute approximate surface area is 231 Å². The third-order valence-electron chi connectivity index (χ3n) is 7.50. The van der Waals surface area contributed by atoms with Crippen LogP contribution in [0.3, 0.4) is 0 Å². The third-order valence-corrected chi connectivity index (χ3v) is 7.50. The minimum Gasteiger partial charge on any atom is -0.465 e. The summed E-state index contributed by atoms with van der Waals surface area (Å²) in [7, 11) is 0. The number of benzene rings is 2. The van der Waals surface area contributed by atoms with Gasteiger partial charge < -0.3 is 20.1 Å². The molecule has 0 bridgehead atoms. The maximum Gasteiger partial charge on any atom is 0.573 e. The van der Waals surface area contributed by atoms with Crippen molar-refractivity contribution in [2.75, 3.05) is 4.90 Å². The van der Waals surface area contributed by atoms with E-state index in [0.29, 0.717) is 49.8 Å². The van der Waals surface area contributed by atoms with Gasteiger partial charge >= 0.3 is 12.5 Å². The van der Waals surface area contributed by atoms with Gasteiger partial charge in [-0.1, -0.05) is 43.2 Å². The molecule has 11 heteroatoms. The number of carboxylic acid groups (broad SMARTS) is 1. The summed E-state index contributed by atoms with van der Waals surface area (Å²) in [4.78, 5) is 42.9. The lowest BCUT2D eigenvalue weighted by atomic mass is 9.88. The number of nitrogens with zero attached hydrogens (tertiary/aromatic N) is 2. The molecule has 40 heavy (non-hydrogen) atoms. The van der Waals surface area contributed by atoms with E-state index < -0.39 is 35.5 Å². The van der Waals surface area contributed by atoms with E-state index in [1.54, 1.807) is 32.9 Å². The number of anilines is 1. The number of carbonyl (C=O) groups is 3. The number of para-hydroxylation sites is 1. The Bertz CT molecular complexity index is 1250. The second-order valence-corrected chi connectivity index (χ2v) is 11.3. The van der Waals surface area contributed by atoms with Crippen molar-refractivity contribution in [3.05, 3.63) is 59.7 Å². The highest BCUT2D eigenvalue weighted by atomic mass is 19.4. The van der Waals surface area contributed by atoms with Crippen LogP contribution in [0.25, 0.3) is 0 Å². The summed E-state index contributed by atoms with van der Waals surface area (Å²) in [6.07, 6.45) is -3.09. The Balaban J connectivity index is 1.62. The SMILES string of the molecule is CC(C)(C)N(C(=O)O)C1(C(=O)NC2CCc3ccccc3N(Cc3ccc(OC(F)(F)F)cc3)C2=O)CCCC1. The van der Waals surface area contributed by atoms with E-state index in [2.05, 4.69) is 10.1 Å². The Kier molecular flexibility index (Phi) is 8.05. The molecule has 216 valence electrons. The van der Waals surface area contributed by atoms with Crippen LogP contribution in [0.4, 0.5) is 23.7 Å². The van der Waals surface area contributed by atoms with Gasteiger partial charge in [0.25, 0.3) is 0 Å². The molecule has 4 rings (SSSR count). The van der Waals surface area contributed by atoms with Crippen LogP contribution >= 0.6 is 0 Å². The van der Waals surface area contributed by atoms with Gasteiger partial charge in [0.2, 0.25) is 11.8 Å². The van der Waals surface area contributed by atoms with Crippen molar-refractivity contribution in [3.63, 3.8) is 0 Å². The topological polar surface area (TPSA) is 99.2 Å². The third kappa shape index (κ3) is 6.18. The van der Waals surface area contributed by atoms with Gasteiger partial charge in [0.05, 0.1) is 6.54 Å². The molecule has 1 aliphatic heterocycles. The number of rotatable bonds is 6. The smallest absolute Gasteiger partial charge is 0.465 e. The van der Waals surface area contributed by atoms with E-state index in [4.69, 9.17) is 0 Å². The molecule has 0 spiro atoms. The van der Waals surface area contributed by atoms with E-state index in [9.17, 15) is 32.7 Å². The van der Waals surface area contributed by atoms with Crippen LogP contribution in [-0.4, -0.2) is 51.4 Å². The molecule has 1 atom stereocenters. The first-order chi connectivity index (χ1) is 18.7. The van der Waals surface area contributed by atoms with Gasteiger partial charge in [-0.3, -0.25) is 14.5 Å². The van der Waals surface area contributed by atoms with Crippen LogP contribution in [0.2, 0.25) is 0 Å². The molecular formula is C29H34F3N3O5. The maximum atomic E-state index is 13.9. The Hall–Kier alpha value is -3.76. The monoisotopic (exact) mass is 561 g/mol. The molecule has 0 aromatic heterocycles. The molecule has 2 N–H and O–H groups in total. The number of halogens is 3. The summed E-state index contributed by atoms with van der Waals surface area (Å²) in [6.45, 7) is 5.29. The average Bonchev–Trinajstić information content (AvgIpc) is 3.29. The molecule has 1 aliphatic carbocycles. The quantitative estimate of drug-likeness (QED) is 0.476. The summed E-state index contributed by atoms with van der Waals surface area (Å²) in [5.41, 5.74) is -0.0190. The normalized spacial score (nSPS) is 19.0. The second-order valence-electron chi connectivity index (χ2n) is 11.3. The molecule has 0 radical (unpaired) electrons. The molecule has 2 aromatic carbocycles. The van der Waals surface area contributed by atoms with Gasteiger partial charge in [0.15, 0.2) is 0 Å². The van der Waals surface area contributed by atoms with Crippen LogP contribution in [0.15, 0.2) is 48.5 Å². The summed E-state index contributed by atoms with van der Waals surface area (Å²) in [6, 6.07) is 11.7. The van der Waals surface area contributed by atoms with E-state index in [0.717, 1.165) is 5.56 Å². The van der Waals surface area contributed by atoms with Gasteiger partial charge in [-0.05, 0) is 75.8 Å². The van der Waals surface area contributed by atoms with Crippen molar-refractivity contribution in [1.29, 1.82) is 0 Å². The molecule has 3 amide bonds. The Morgan fingerprint density at radius 3 is 2.27 bits per heavy atom. The second kappa shape index (κ2) is 11.0. The maximum absolute atomic E-state index is 13.9. The molecule has 1 saturated carbocycles. The van der Waals surface area contributed by atoms with Crippen LogP contribution in [0, 0.1) is 0 Å². The largest absolute Gasteiger partial charge is 0.573 e. The molecule has 0 saturated heterocycles. The van der Waals surface area contributed by atoms with E-state index >= 15 is 0 Å². The van der Waals surface area contributed by atoms with Crippen molar-refractivity contribution in [1.82, 2.24) is 10.2 Å². The number of hydrogen-bond donors (Lipinski definition) is 2. The van der Waals surface area contributed by atoms with Crippen molar-refractivity contribution in [2.24, 2.45) is 0 Å². The predicted octanol–water partition coefficient (Wildman–Crippen LogP) is 5.64. The zero-order chi connectivity index (χ0) is 29.3. The van der Waals surface area contributed by atoms with Crippen molar-refractivity contribution >= 4 is 23.6 Å². The molecule has 1 fully saturated rings. The lowest BCUT2D eigenvalue weighted by Crippen LogP contribution is -2.66. The summed E-state index contributed by atoms with van der Waals surface area (Å²) >= 11 is 0. The fourth-order valence-electron chi connectivity index (χ4n) is 5.91. The Morgan fingerprint density at radius 2 is 1.70 bits per heavy atom. The number of ether oxygens (including phenoxy) is 1. The minimum atomic E-state index is -4.81. The average molecular weight is 562 g/mol. The van der Waals surface area contributed by atoms with Crippen LogP contribution < -0.4 is 15.0 Å². The fourth-order valence-corrected chi connectivity index (χ4v) is 5.91. The van der Waals surface area contributed by atoms with E-state index in [-0.39, 0.29) is 18.2 Å². The molecule has 1 heterocycles. The van der Waals surface area contributed by atoms with E-state index in [1.807, 2.05) is 12.1 Å². The number of fused-ring (bicyclic) bond motifs is 1. The number of amides is 3. The molecule has 2 aromatic rings. The zero-order valence-electron chi connectivity index (χ0n) is 22.8. The summed E-state index contributed by atoms with van der Waals surface area (Å²) in [5, 5.41) is 13.0. The molecule has 1 unspecified atom stereocenters. The number of hydrogen-bond acceptors (Lipinski definition) is 4. The first-order valence-corrected chi connectivity index (χ1v) is 13.3. The van der Waals surface area contributed by atoms with Crippen LogP contribution in [0.1, 0.15) is 64.0 Å². The van der Waals surface area contributed by atoms with Gasteiger partial charge in [-0.15, -0.1) is 13.2 Å². The zero-order valence-corrected chi connectivity index (χ0v) is 22.8. The first-order valence-electron chi connectivity index (χ1n) is 13.3. The lowest BCUT2D eigenvalue weighted by molar-refractivity contribution is -0.274. The Morgan fingerprint density at radius 1 is 1.07 bits per heavy atom. The summed E-state index contributed by atoms with van der Waals surface area (Å²) < 4.78 is 41.7. The minimum absolute atomic E-state index is 0.0584. The van der Waals surface area contributed by atoms with Gasteiger partial charge in [0.1, 0.15) is 17.3 Å². The molecule has 2 aliphatic rings. The number of carbonyl (C=O) groups excluding carboxylic acids is 2. The van der Waals surface area contributed by atoms with Gasteiger partial charge in [-0.2, -0.15) is 0 Å². The number of alkyl halides is 3. The highest BCUT2D eigenvalue weighted by Crippen LogP contribution is 2.40. The highest BCUT2D eigenvalue weighted by Gasteiger charge is 2.53. The van der Waals surface area contributed by atoms with Gasteiger partial charge in [-0.25, -0.2) is 4.79 Å². The fraction of sp³-hybridized carbons (Fsp3) is 0.483. The number of nitrogens with one attached hydrogen (secondary N) is 1. The predicted molar refractivity (Wildman–Crippen MR) is 142 cm³/mol. The number of aryl methyl sites for hydroxylation is 1. The lowest BCUT2D eigenvalue weighted by Gasteiger charge is -2.46. The van der Waals surface area contributed by atoms with Crippen LogP contribution in [0.5, 0.6) is 5.75 Å². The molecule has 8 nitrogen and oxygen atoms in total. The molecular weight excluding hydrogens is 527 g/mol. The van der Waals surface area contributed by atoms with Crippen molar-refractivity contribution in [3.8, 4) is 5.75 Å². The highest BCUT2D eigenvalue weighted by molar-refractivity contribution is 6.02. The van der Waals surface area contributed by atoms with Crippen LogP contribution in [-0.2, 0) is 22.6 Å². The van der Waals surface area contributed by atoms with E-state index in [1.165, 1.54) is 34.1 Å².